The van der Waals surface area contributed by atoms with Crippen LogP contribution in [0.25, 0.3) is 0 Å². The maximum absolute atomic E-state index is 10.3. The van der Waals surface area contributed by atoms with E-state index in [9.17, 15) is 10.2 Å². The summed E-state index contributed by atoms with van der Waals surface area (Å²) in [5.74, 6) is 0.945. The third-order valence-corrected chi connectivity index (χ3v) is 5.35. The molecule has 1 heterocycles. The zero-order valence-electron chi connectivity index (χ0n) is 13.3. The third kappa shape index (κ3) is 3.47. The van der Waals surface area contributed by atoms with Crippen LogP contribution >= 0.6 is 0 Å². The Labute approximate surface area is 132 Å². The van der Waals surface area contributed by atoms with Crippen LogP contribution in [0.5, 0.6) is 0 Å². The number of aryl methyl sites for hydroxylation is 1. The lowest BCUT2D eigenvalue weighted by Crippen LogP contribution is -2.41. The fraction of sp³-hybridized carbons (Fsp3) is 0.765. The van der Waals surface area contributed by atoms with Crippen LogP contribution in [-0.4, -0.2) is 45.0 Å². The van der Waals surface area contributed by atoms with Crippen molar-refractivity contribution in [2.24, 2.45) is 11.8 Å². The summed E-state index contributed by atoms with van der Waals surface area (Å²) in [5, 5.41) is 23.7. The van der Waals surface area contributed by atoms with Crippen LogP contribution in [0.4, 0.5) is 0 Å². The maximum Gasteiger partial charge on any atom is 0.125 e. The van der Waals surface area contributed by atoms with Crippen molar-refractivity contribution < 1.29 is 10.2 Å². The van der Waals surface area contributed by atoms with Gasteiger partial charge in [0.05, 0.1) is 6.10 Å². The van der Waals surface area contributed by atoms with Gasteiger partial charge in [0.15, 0.2) is 0 Å². The molecule has 0 aromatic carbocycles. The quantitative estimate of drug-likeness (QED) is 0.762. The minimum atomic E-state index is -0.420. The minimum Gasteiger partial charge on any atom is -0.396 e. The minimum absolute atomic E-state index is 0.0404. The zero-order chi connectivity index (χ0) is 15.5. The van der Waals surface area contributed by atoms with Gasteiger partial charge in [-0.15, -0.1) is 0 Å². The van der Waals surface area contributed by atoms with E-state index in [-0.39, 0.29) is 24.5 Å². The first-order chi connectivity index (χ1) is 10.7. The van der Waals surface area contributed by atoms with Gasteiger partial charge >= 0.3 is 0 Å². The third-order valence-electron chi connectivity index (χ3n) is 5.35. The normalized spacial score (nSPS) is 32.7. The number of rotatable bonds is 5. The monoisotopic (exact) mass is 305 g/mol. The molecule has 2 aliphatic rings. The second-order valence-electron chi connectivity index (χ2n) is 6.87. The number of nitrogens with one attached hydrogen (secondary N) is 1. The molecular formula is C17H27N3O2. The second kappa shape index (κ2) is 7.02. The molecule has 5 heteroatoms. The molecule has 5 nitrogen and oxygen atoms in total. The van der Waals surface area contributed by atoms with Crippen LogP contribution in [0.3, 0.4) is 0 Å². The van der Waals surface area contributed by atoms with Crippen LogP contribution in [0.15, 0.2) is 12.3 Å². The molecule has 0 bridgehead atoms. The Morgan fingerprint density at radius 2 is 2.05 bits per heavy atom. The molecule has 2 aliphatic carbocycles. The predicted molar refractivity (Wildman–Crippen MR) is 84.3 cm³/mol. The molecule has 1 aromatic rings. The van der Waals surface area contributed by atoms with Crippen molar-refractivity contribution in [2.75, 3.05) is 6.61 Å². The average molecular weight is 305 g/mol. The van der Waals surface area contributed by atoms with Crippen molar-refractivity contribution >= 4 is 0 Å². The van der Waals surface area contributed by atoms with Gasteiger partial charge in [-0.25, -0.2) is 9.97 Å². The highest BCUT2D eigenvalue weighted by Gasteiger charge is 2.42. The molecule has 0 unspecified atom stereocenters. The Morgan fingerprint density at radius 3 is 2.73 bits per heavy atom. The summed E-state index contributed by atoms with van der Waals surface area (Å²) < 4.78 is 0. The standard InChI is InChI=1S/C17H27N3O2/c1-11-18-7-6-13(19-11)8-14-15(10-21)17(22)9-16(14)20-12-4-2-3-5-12/h6-7,12,14-17,20-22H,2-5,8-10H2,1H3/t14-,15-,16-,17-/m1/s1. The summed E-state index contributed by atoms with van der Waals surface area (Å²) in [4.78, 5) is 8.64. The lowest BCUT2D eigenvalue weighted by molar-refractivity contribution is 0.0715. The van der Waals surface area contributed by atoms with Crippen molar-refractivity contribution in [3.63, 3.8) is 0 Å². The van der Waals surface area contributed by atoms with Gasteiger partial charge < -0.3 is 15.5 Å². The van der Waals surface area contributed by atoms with Gasteiger partial charge in [0, 0.05) is 36.5 Å². The zero-order valence-corrected chi connectivity index (χ0v) is 13.3. The van der Waals surface area contributed by atoms with E-state index in [4.69, 9.17) is 0 Å². The summed E-state index contributed by atoms with van der Waals surface area (Å²) in [6, 6.07) is 2.79. The van der Waals surface area contributed by atoms with Crippen molar-refractivity contribution in [1.82, 2.24) is 15.3 Å². The van der Waals surface area contributed by atoms with Crippen LogP contribution in [-0.2, 0) is 6.42 Å². The number of aliphatic hydroxyl groups is 2. The highest BCUT2D eigenvalue weighted by atomic mass is 16.3. The number of aromatic nitrogens is 2. The molecule has 0 saturated heterocycles. The topological polar surface area (TPSA) is 78.3 Å². The van der Waals surface area contributed by atoms with E-state index in [2.05, 4.69) is 15.3 Å². The highest BCUT2D eigenvalue weighted by molar-refractivity contribution is 5.07. The fourth-order valence-electron chi connectivity index (χ4n) is 4.19. The average Bonchev–Trinajstić information content (AvgIpc) is 3.08. The Morgan fingerprint density at radius 1 is 1.27 bits per heavy atom. The van der Waals surface area contributed by atoms with E-state index < -0.39 is 6.10 Å². The predicted octanol–water partition coefficient (Wildman–Crippen LogP) is 1.22. The summed E-state index contributed by atoms with van der Waals surface area (Å²) >= 11 is 0. The van der Waals surface area contributed by atoms with Crippen LogP contribution in [0, 0.1) is 18.8 Å². The molecule has 3 N–H and O–H groups in total. The van der Waals surface area contributed by atoms with Crippen molar-refractivity contribution in [1.29, 1.82) is 0 Å². The molecule has 0 amide bonds. The van der Waals surface area contributed by atoms with E-state index in [1.807, 2.05) is 13.0 Å². The van der Waals surface area contributed by atoms with Crippen LogP contribution in [0.1, 0.15) is 43.6 Å². The van der Waals surface area contributed by atoms with Gasteiger partial charge in [-0.05, 0) is 44.6 Å². The largest absolute Gasteiger partial charge is 0.396 e. The lowest BCUT2D eigenvalue weighted by Gasteiger charge is -2.27. The molecular weight excluding hydrogens is 278 g/mol. The molecule has 0 aliphatic heterocycles. The summed E-state index contributed by atoms with van der Waals surface area (Å²) in [6.07, 6.45) is 7.95. The molecule has 4 atom stereocenters. The van der Waals surface area contributed by atoms with E-state index in [0.29, 0.717) is 6.04 Å². The number of aliphatic hydroxyl groups excluding tert-OH is 2. The number of nitrogens with zero attached hydrogens (tertiary/aromatic N) is 2. The van der Waals surface area contributed by atoms with E-state index >= 15 is 0 Å². The smallest absolute Gasteiger partial charge is 0.125 e. The maximum atomic E-state index is 10.3. The molecule has 122 valence electrons. The fourth-order valence-corrected chi connectivity index (χ4v) is 4.19. The SMILES string of the molecule is Cc1nccc(C[C@@H]2[C@@H](CO)[C@H](O)C[C@H]2NC2CCCC2)n1. The molecule has 2 saturated carbocycles. The Bertz CT molecular complexity index is 491. The molecule has 22 heavy (non-hydrogen) atoms. The second-order valence-corrected chi connectivity index (χ2v) is 6.87. The van der Waals surface area contributed by atoms with Gasteiger partial charge in [0.2, 0.25) is 0 Å². The molecule has 1 aromatic heterocycles. The summed E-state index contributed by atoms with van der Waals surface area (Å²) in [7, 11) is 0. The number of hydrogen-bond donors (Lipinski definition) is 3. The van der Waals surface area contributed by atoms with Gasteiger partial charge in [0.25, 0.3) is 0 Å². The lowest BCUT2D eigenvalue weighted by atomic mass is 9.88. The van der Waals surface area contributed by atoms with E-state index in [0.717, 1.165) is 24.4 Å². The first-order valence-corrected chi connectivity index (χ1v) is 8.51. The van der Waals surface area contributed by atoms with E-state index in [1.54, 1.807) is 6.20 Å². The Hall–Kier alpha value is -1.04. The van der Waals surface area contributed by atoms with Crippen LogP contribution in [0.2, 0.25) is 0 Å². The Balaban J connectivity index is 1.72. The summed E-state index contributed by atoms with van der Waals surface area (Å²) in [6.45, 7) is 1.93. The first kappa shape index (κ1) is 15.8. The molecule has 2 fully saturated rings. The molecule has 0 radical (unpaired) electrons. The van der Waals surface area contributed by atoms with Gasteiger partial charge in [-0.2, -0.15) is 0 Å². The Kier molecular flexibility index (Phi) is 5.06. The van der Waals surface area contributed by atoms with Gasteiger partial charge in [0.1, 0.15) is 5.82 Å². The van der Waals surface area contributed by atoms with Crippen molar-refractivity contribution in [3.8, 4) is 0 Å². The van der Waals surface area contributed by atoms with E-state index in [1.165, 1.54) is 25.7 Å². The van der Waals surface area contributed by atoms with Gasteiger partial charge in [-0.3, -0.25) is 0 Å². The van der Waals surface area contributed by atoms with Gasteiger partial charge in [-0.1, -0.05) is 12.8 Å². The molecule has 0 spiro atoms. The first-order valence-electron chi connectivity index (χ1n) is 8.51. The summed E-state index contributed by atoms with van der Waals surface area (Å²) in [5.41, 5.74) is 1.00. The van der Waals surface area contributed by atoms with Crippen LogP contribution < -0.4 is 5.32 Å². The van der Waals surface area contributed by atoms with Crippen molar-refractivity contribution in [3.05, 3.63) is 23.8 Å². The number of hydrogen-bond acceptors (Lipinski definition) is 5. The molecule has 3 rings (SSSR count). The van der Waals surface area contributed by atoms with Crippen molar-refractivity contribution in [2.45, 2.75) is 63.6 Å². The highest BCUT2D eigenvalue weighted by Crippen LogP contribution is 2.35.